The molecule has 0 aliphatic carbocycles. The maximum Gasteiger partial charge on any atom is 0.202 e. The van der Waals surface area contributed by atoms with Gasteiger partial charge in [-0.3, -0.25) is 4.57 Å². The monoisotopic (exact) mass is 137 g/mol. The highest BCUT2D eigenvalue weighted by atomic mass is 31.1. The van der Waals surface area contributed by atoms with Crippen LogP contribution in [-0.2, 0) is 4.57 Å². The van der Waals surface area contributed by atoms with Gasteiger partial charge in [-0.1, -0.05) is 13.8 Å². The van der Waals surface area contributed by atoms with E-state index in [4.69, 9.17) is 4.89 Å². The van der Waals surface area contributed by atoms with E-state index in [0.717, 1.165) is 0 Å². The lowest BCUT2D eigenvalue weighted by Crippen LogP contribution is -2.21. The van der Waals surface area contributed by atoms with Gasteiger partial charge in [-0.15, -0.1) is 0 Å². The molecule has 50 valence electrons. The van der Waals surface area contributed by atoms with E-state index in [1.807, 2.05) is 13.8 Å². The van der Waals surface area contributed by atoms with Crippen LogP contribution in [0.5, 0.6) is 0 Å². The Labute approximate surface area is 50.0 Å². The van der Waals surface area contributed by atoms with Crippen LogP contribution in [0.15, 0.2) is 0 Å². The van der Waals surface area contributed by atoms with Gasteiger partial charge < -0.3 is 10.2 Å². The first-order chi connectivity index (χ1) is 3.63. The van der Waals surface area contributed by atoms with Gasteiger partial charge >= 0.3 is 0 Å². The molecule has 0 aliphatic heterocycles. The van der Waals surface area contributed by atoms with Crippen LogP contribution in [0.1, 0.15) is 13.8 Å². The summed E-state index contributed by atoms with van der Waals surface area (Å²) in [5.41, 5.74) is 0. The zero-order valence-corrected chi connectivity index (χ0v) is 6.14. The standard InChI is InChI=1S/C4H12NO2P/c1-4(2)5-3-8(6)7/h4-5,8H,3H2,1-2H3,(H,6,7). The van der Waals surface area contributed by atoms with E-state index in [9.17, 15) is 4.57 Å². The average Bonchev–Trinajstić information content (AvgIpc) is 1.61. The number of nitrogens with one attached hydrogen (secondary N) is 1. The van der Waals surface area contributed by atoms with Gasteiger partial charge in [0, 0.05) is 6.04 Å². The summed E-state index contributed by atoms with van der Waals surface area (Å²) in [7, 11) is -2.29. The SMILES string of the molecule is CC(C)NC[PH](=O)O. The van der Waals surface area contributed by atoms with Crippen LogP contribution in [0, 0.1) is 0 Å². The van der Waals surface area contributed by atoms with Crippen molar-refractivity contribution in [3.63, 3.8) is 0 Å². The molecule has 0 rings (SSSR count). The maximum atomic E-state index is 10.0. The molecular formula is C4H12NO2P. The molecule has 0 aromatic carbocycles. The molecule has 3 nitrogen and oxygen atoms in total. The molecule has 0 bridgehead atoms. The average molecular weight is 137 g/mol. The van der Waals surface area contributed by atoms with Crippen molar-refractivity contribution < 1.29 is 9.46 Å². The van der Waals surface area contributed by atoms with E-state index in [1.54, 1.807) is 0 Å². The first-order valence-corrected chi connectivity index (χ1v) is 4.14. The maximum absolute atomic E-state index is 10.0. The van der Waals surface area contributed by atoms with Crippen LogP contribution in [0.3, 0.4) is 0 Å². The lowest BCUT2D eigenvalue weighted by atomic mass is 10.4. The third kappa shape index (κ3) is 6.15. The van der Waals surface area contributed by atoms with Crippen LogP contribution in [0.2, 0.25) is 0 Å². The van der Waals surface area contributed by atoms with Crippen molar-refractivity contribution in [2.24, 2.45) is 0 Å². The minimum atomic E-state index is -2.29. The predicted octanol–water partition coefficient (Wildman–Crippen LogP) is 0.409. The Morgan fingerprint density at radius 1 is 1.75 bits per heavy atom. The summed E-state index contributed by atoms with van der Waals surface area (Å²) in [4.78, 5) is 8.29. The van der Waals surface area contributed by atoms with Gasteiger partial charge in [0.15, 0.2) is 0 Å². The Kier molecular flexibility index (Phi) is 4.15. The second-order valence-electron chi connectivity index (χ2n) is 1.93. The summed E-state index contributed by atoms with van der Waals surface area (Å²) in [5.74, 6) is 0. The van der Waals surface area contributed by atoms with Crippen LogP contribution < -0.4 is 5.32 Å². The molecule has 0 aromatic rings. The van der Waals surface area contributed by atoms with Gasteiger partial charge in [0.25, 0.3) is 0 Å². The highest BCUT2D eigenvalue weighted by Gasteiger charge is 1.92. The first kappa shape index (κ1) is 8.15. The largest absolute Gasteiger partial charge is 0.345 e. The molecule has 1 atom stereocenters. The molecule has 0 saturated heterocycles. The molecule has 1 unspecified atom stereocenters. The van der Waals surface area contributed by atoms with E-state index < -0.39 is 8.03 Å². The Bertz CT molecular complexity index is 84.1. The van der Waals surface area contributed by atoms with Gasteiger partial charge in [-0.25, -0.2) is 0 Å². The topological polar surface area (TPSA) is 49.3 Å². The molecule has 0 radical (unpaired) electrons. The van der Waals surface area contributed by atoms with Gasteiger partial charge in [0.1, 0.15) is 0 Å². The molecule has 0 aliphatic rings. The van der Waals surface area contributed by atoms with E-state index in [2.05, 4.69) is 5.32 Å². The zero-order valence-electron chi connectivity index (χ0n) is 5.14. The fraction of sp³-hybridized carbons (Fsp3) is 1.00. The van der Waals surface area contributed by atoms with Crippen molar-refractivity contribution in [3.05, 3.63) is 0 Å². The van der Waals surface area contributed by atoms with Crippen LogP contribution in [0.25, 0.3) is 0 Å². The van der Waals surface area contributed by atoms with Crippen molar-refractivity contribution in [2.75, 3.05) is 6.29 Å². The van der Waals surface area contributed by atoms with Crippen molar-refractivity contribution in [3.8, 4) is 0 Å². The summed E-state index contributed by atoms with van der Waals surface area (Å²) in [6.45, 7) is 3.87. The Morgan fingerprint density at radius 3 is 2.38 bits per heavy atom. The second-order valence-corrected chi connectivity index (χ2v) is 3.07. The third-order valence-corrected chi connectivity index (χ3v) is 1.17. The molecule has 0 heterocycles. The molecule has 2 N–H and O–H groups in total. The third-order valence-electron chi connectivity index (χ3n) is 0.662. The second kappa shape index (κ2) is 4.07. The zero-order chi connectivity index (χ0) is 6.57. The van der Waals surface area contributed by atoms with Crippen molar-refractivity contribution >= 4 is 8.03 Å². The van der Waals surface area contributed by atoms with Crippen molar-refractivity contribution in [1.29, 1.82) is 0 Å². The normalized spacial score (nSPS) is 14.5. The van der Waals surface area contributed by atoms with Gasteiger partial charge in [0.05, 0.1) is 6.29 Å². The van der Waals surface area contributed by atoms with E-state index in [0.29, 0.717) is 6.04 Å². The summed E-state index contributed by atoms with van der Waals surface area (Å²) in [6, 6.07) is 0.302. The van der Waals surface area contributed by atoms with Crippen molar-refractivity contribution in [2.45, 2.75) is 19.9 Å². The minimum Gasteiger partial charge on any atom is -0.345 e. The molecule has 8 heavy (non-hydrogen) atoms. The van der Waals surface area contributed by atoms with E-state index >= 15 is 0 Å². The highest BCUT2D eigenvalue weighted by Crippen LogP contribution is 2.08. The number of hydrogen-bond donors (Lipinski definition) is 2. The summed E-state index contributed by atoms with van der Waals surface area (Å²) >= 11 is 0. The highest BCUT2D eigenvalue weighted by molar-refractivity contribution is 7.37. The Morgan fingerprint density at radius 2 is 2.25 bits per heavy atom. The lowest BCUT2D eigenvalue weighted by Gasteiger charge is -2.03. The molecule has 0 spiro atoms. The van der Waals surface area contributed by atoms with Crippen LogP contribution in [-0.4, -0.2) is 17.2 Å². The summed E-state index contributed by atoms with van der Waals surface area (Å²) in [6.07, 6.45) is 0.238. The van der Waals surface area contributed by atoms with Gasteiger partial charge in [-0.2, -0.15) is 0 Å². The molecule has 0 fully saturated rings. The molecular weight excluding hydrogens is 125 g/mol. The Balaban J connectivity index is 3.05. The lowest BCUT2D eigenvalue weighted by molar-refractivity contribution is 0.491. The van der Waals surface area contributed by atoms with E-state index in [-0.39, 0.29) is 6.29 Å². The number of rotatable bonds is 3. The predicted molar refractivity (Wildman–Crippen MR) is 34.4 cm³/mol. The molecule has 0 aromatic heterocycles. The van der Waals surface area contributed by atoms with Crippen LogP contribution >= 0.6 is 8.03 Å². The molecule has 4 heteroatoms. The van der Waals surface area contributed by atoms with Crippen LogP contribution in [0.4, 0.5) is 0 Å². The Hall–Kier alpha value is 0.150. The van der Waals surface area contributed by atoms with Crippen molar-refractivity contribution in [1.82, 2.24) is 5.32 Å². The summed E-state index contributed by atoms with van der Waals surface area (Å²) in [5, 5.41) is 2.83. The first-order valence-electron chi connectivity index (χ1n) is 2.58. The molecule has 0 saturated carbocycles. The smallest absolute Gasteiger partial charge is 0.202 e. The molecule has 0 amide bonds. The van der Waals surface area contributed by atoms with Gasteiger partial charge in [0.2, 0.25) is 8.03 Å². The van der Waals surface area contributed by atoms with Gasteiger partial charge in [-0.05, 0) is 0 Å². The quantitative estimate of drug-likeness (QED) is 0.554. The summed E-state index contributed by atoms with van der Waals surface area (Å²) < 4.78 is 10.0. The fourth-order valence-electron chi connectivity index (χ4n) is 0.291. The minimum absolute atomic E-state index is 0.238. The fourth-order valence-corrected chi connectivity index (χ4v) is 0.874. The number of hydrogen-bond acceptors (Lipinski definition) is 2. The van der Waals surface area contributed by atoms with E-state index in [1.165, 1.54) is 0 Å².